The minimum absolute atomic E-state index is 0.671. The Morgan fingerprint density at radius 1 is 0.947 bits per heavy atom. The van der Waals surface area contributed by atoms with Gasteiger partial charge in [0.05, 0.1) is 6.61 Å². The van der Waals surface area contributed by atoms with Gasteiger partial charge in [-0.25, -0.2) is 0 Å². The molecule has 2 rings (SSSR count). The molecule has 2 nitrogen and oxygen atoms in total. The minimum Gasteiger partial charge on any atom is -0.381 e. The van der Waals surface area contributed by atoms with Crippen molar-refractivity contribution < 1.29 is 4.74 Å². The molecule has 0 amide bonds. The molecule has 0 aliphatic rings. The van der Waals surface area contributed by atoms with Crippen LogP contribution in [0.25, 0.3) is 0 Å². The van der Waals surface area contributed by atoms with E-state index in [2.05, 4.69) is 61.6 Å². The Morgan fingerprint density at radius 3 is 2.32 bits per heavy atom. The Kier molecular flexibility index (Phi) is 4.58. The van der Waals surface area contributed by atoms with Crippen LogP contribution in [0.15, 0.2) is 42.5 Å². The lowest BCUT2D eigenvalue weighted by atomic mass is 10.1. The summed E-state index contributed by atoms with van der Waals surface area (Å²) in [6.45, 7) is 5.76. The number of ether oxygens (including phenoxy) is 1. The molecular formula is C17H21NO. The SMILES string of the molecule is COCc1ccc(CNc2cc(C)ccc2C)cc1. The van der Waals surface area contributed by atoms with Gasteiger partial charge in [-0.05, 0) is 42.2 Å². The molecule has 2 aromatic carbocycles. The first kappa shape index (κ1) is 13.6. The third-order valence-electron chi connectivity index (χ3n) is 3.21. The summed E-state index contributed by atoms with van der Waals surface area (Å²) >= 11 is 0. The number of nitrogens with one attached hydrogen (secondary N) is 1. The van der Waals surface area contributed by atoms with Crippen LogP contribution in [-0.2, 0) is 17.9 Å². The molecule has 0 atom stereocenters. The van der Waals surface area contributed by atoms with Gasteiger partial charge in [0.1, 0.15) is 0 Å². The summed E-state index contributed by atoms with van der Waals surface area (Å²) in [6.07, 6.45) is 0. The van der Waals surface area contributed by atoms with Crippen LogP contribution in [0.4, 0.5) is 5.69 Å². The molecule has 0 unspecified atom stereocenters. The summed E-state index contributed by atoms with van der Waals surface area (Å²) in [5, 5.41) is 3.49. The van der Waals surface area contributed by atoms with Crippen molar-refractivity contribution in [2.24, 2.45) is 0 Å². The number of hydrogen-bond acceptors (Lipinski definition) is 2. The predicted octanol–water partition coefficient (Wildman–Crippen LogP) is 4.06. The van der Waals surface area contributed by atoms with Crippen molar-refractivity contribution in [1.82, 2.24) is 0 Å². The number of aryl methyl sites for hydroxylation is 2. The number of methoxy groups -OCH3 is 1. The van der Waals surface area contributed by atoms with E-state index in [0.717, 1.165) is 6.54 Å². The Bertz CT molecular complexity index is 531. The van der Waals surface area contributed by atoms with E-state index < -0.39 is 0 Å². The average molecular weight is 255 g/mol. The smallest absolute Gasteiger partial charge is 0.0713 e. The van der Waals surface area contributed by atoms with Crippen LogP contribution >= 0.6 is 0 Å². The van der Waals surface area contributed by atoms with E-state index in [0.29, 0.717) is 6.61 Å². The second-order valence-electron chi connectivity index (χ2n) is 4.92. The van der Waals surface area contributed by atoms with E-state index in [1.165, 1.54) is 27.9 Å². The van der Waals surface area contributed by atoms with Crippen LogP contribution in [-0.4, -0.2) is 7.11 Å². The zero-order chi connectivity index (χ0) is 13.7. The maximum atomic E-state index is 5.11. The summed E-state index contributed by atoms with van der Waals surface area (Å²) < 4.78 is 5.11. The van der Waals surface area contributed by atoms with E-state index in [9.17, 15) is 0 Å². The minimum atomic E-state index is 0.671. The summed E-state index contributed by atoms with van der Waals surface area (Å²) in [7, 11) is 1.72. The highest BCUT2D eigenvalue weighted by atomic mass is 16.5. The quantitative estimate of drug-likeness (QED) is 0.870. The second kappa shape index (κ2) is 6.39. The highest BCUT2D eigenvalue weighted by molar-refractivity contribution is 5.52. The first-order chi connectivity index (χ1) is 9.19. The molecule has 0 bridgehead atoms. The van der Waals surface area contributed by atoms with Gasteiger partial charge in [0, 0.05) is 19.3 Å². The molecule has 2 aromatic rings. The van der Waals surface area contributed by atoms with Crippen molar-refractivity contribution in [2.45, 2.75) is 27.0 Å². The highest BCUT2D eigenvalue weighted by Gasteiger charge is 1.99. The molecular weight excluding hydrogens is 234 g/mol. The zero-order valence-electron chi connectivity index (χ0n) is 11.9. The van der Waals surface area contributed by atoms with Gasteiger partial charge < -0.3 is 10.1 Å². The molecule has 0 radical (unpaired) electrons. The van der Waals surface area contributed by atoms with Crippen LogP contribution < -0.4 is 5.32 Å². The first-order valence-electron chi connectivity index (χ1n) is 6.57. The lowest BCUT2D eigenvalue weighted by Crippen LogP contribution is -2.01. The fourth-order valence-corrected chi connectivity index (χ4v) is 2.04. The molecule has 2 heteroatoms. The van der Waals surface area contributed by atoms with E-state index in [1.54, 1.807) is 7.11 Å². The lowest BCUT2D eigenvalue weighted by molar-refractivity contribution is 0.185. The van der Waals surface area contributed by atoms with Crippen LogP contribution in [0.1, 0.15) is 22.3 Å². The van der Waals surface area contributed by atoms with Crippen LogP contribution in [0.3, 0.4) is 0 Å². The summed E-state index contributed by atoms with van der Waals surface area (Å²) in [4.78, 5) is 0. The largest absolute Gasteiger partial charge is 0.381 e. The molecule has 100 valence electrons. The number of hydrogen-bond donors (Lipinski definition) is 1. The molecule has 0 aliphatic carbocycles. The van der Waals surface area contributed by atoms with Crippen molar-refractivity contribution >= 4 is 5.69 Å². The summed E-state index contributed by atoms with van der Waals surface area (Å²) in [5.41, 5.74) is 6.25. The summed E-state index contributed by atoms with van der Waals surface area (Å²) in [5.74, 6) is 0. The molecule has 0 aromatic heterocycles. The topological polar surface area (TPSA) is 21.3 Å². The number of benzene rings is 2. The number of anilines is 1. The van der Waals surface area contributed by atoms with Crippen molar-refractivity contribution in [3.05, 3.63) is 64.7 Å². The third kappa shape index (κ3) is 3.83. The maximum Gasteiger partial charge on any atom is 0.0713 e. The first-order valence-corrected chi connectivity index (χ1v) is 6.57. The van der Waals surface area contributed by atoms with Crippen LogP contribution in [0.2, 0.25) is 0 Å². The lowest BCUT2D eigenvalue weighted by Gasteiger charge is -2.11. The Labute approximate surface area is 115 Å². The van der Waals surface area contributed by atoms with E-state index in [-0.39, 0.29) is 0 Å². The molecule has 0 saturated heterocycles. The third-order valence-corrected chi connectivity index (χ3v) is 3.21. The molecule has 1 N–H and O–H groups in total. The van der Waals surface area contributed by atoms with Crippen LogP contribution in [0, 0.1) is 13.8 Å². The van der Waals surface area contributed by atoms with Crippen molar-refractivity contribution in [2.75, 3.05) is 12.4 Å². The van der Waals surface area contributed by atoms with Gasteiger partial charge >= 0.3 is 0 Å². The normalized spacial score (nSPS) is 10.5. The monoisotopic (exact) mass is 255 g/mol. The Hall–Kier alpha value is -1.80. The van der Waals surface area contributed by atoms with Crippen LogP contribution in [0.5, 0.6) is 0 Å². The zero-order valence-corrected chi connectivity index (χ0v) is 11.9. The fourth-order valence-electron chi connectivity index (χ4n) is 2.04. The van der Waals surface area contributed by atoms with E-state index in [1.807, 2.05) is 0 Å². The fraction of sp³-hybridized carbons (Fsp3) is 0.294. The Balaban J connectivity index is 2.00. The van der Waals surface area contributed by atoms with Crippen molar-refractivity contribution in [1.29, 1.82) is 0 Å². The molecule has 0 heterocycles. The molecule has 0 spiro atoms. The molecule has 0 fully saturated rings. The van der Waals surface area contributed by atoms with Gasteiger partial charge in [-0.15, -0.1) is 0 Å². The van der Waals surface area contributed by atoms with Gasteiger partial charge in [-0.3, -0.25) is 0 Å². The van der Waals surface area contributed by atoms with Gasteiger partial charge in [0.2, 0.25) is 0 Å². The van der Waals surface area contributed by atoms with Gasteiger partial charge in [0.25, 0.3) is 0 Å². The van der Waals surface area contributed by atoms with Gasteiger partial charge in [-0.1, -0.05) is 36.4 Å². The second-order valence-corrected chi connectivity index (χ2v) is 4.92. The van der Waals surface area contributed by atoms with E-state index in [4.69, 9.17) is 4.74 Å². The van der Waals surface area contributed by atoms with Crippen molar-refractivity contribution in [3.8, 4) is 0 Å². The Morgan fingerprint density at radius 2 is 1.63 bits per heavy atom. The number of rotatable bonds is 5. The maximum absolute atomic E-state index is 5.11. The van der Waals surface area contributed by atoms with Gasteiger partial charge in [-0.2, -0.15) is 0 Å². The van der Waals surface area contributed by atoms with E-state index >= 15 is 0 Å². The predicted molar refractivity (Wildman–Crippen MR) is 80.4 cm³/mol. The standard InChI is InChI=1S/C17H21NO/c1-13-4-5-14(2)17(10-13)18-11-15-6-8-16(9-7-15)12-19-3/h4-10,18H,11-12H2,1-3H3. The summed E-state index contributed by atoms with van der Waals surface area (Å²) in [6, 6.07) is 15.0. The average Bonchev–Trinajstić information content (AvgIpc) is 2.42. The van der Waals surface area contributed by atoms with Gasteiger partial charge in [0.15, 0.2) is 0 Å². The van der Waals surface area contributed by atoms with Crippen molar-refractivity contribution in [3.63, 3.8) is 0 Å². The molecule has 19 heavy (non-hydrogen) atoms. The highest BCUT2D eigenvalue weighted by Crippen LogP contribution is 2.17. The molecule has 0 aliphatic heterocycles. The molecule has 0 saturated carbocycles.